The summed E-state index contributed by atoms with van der Waals surface area (Å²) in [6, 6.07) is 17.8. The summed E-state index contributed by atoms with van der Waals surface area (Å²) in [4.78, 5) is 43.6. The smallest absolute Gasteiger partial charge is 0.328 e. The SMILES string of the molecule is CCOC(=O)[C@H](CC(C)C)NC(=O)C(Cc1ccccc1)C(=O)NOCc1ccccc1. The van der Waals surface area contributed by atoms with Gasteiger partial charge >= 0.3 is 5.97 Å². The van der Waals surface area contributed by atoms with Crippen LogP contribution in [0.1, 0.15) is 38.3 Å². The molecular weight excluding hydrogens is 408 g/mol. The molecule has 2 N–H and O–H groups in total. The molecule has 0 saturated heterocycles. The van der Waals surface area contributed by atoms with Crippen molar-refractivity contribution in [2.24, 2.45) is 11.8 Å². The average Bonchev–Trinajstić information content (AvgIpc) is 2.78. The van der Waals surface area contributed by atoms with E-state index in [0.717, 1.165) is 11.1 Å². The number of amides is 2. The molecule has 0 aliphatic heterocycles. The Morgan fingerprint density at radius 2 is 1.47 bits per heavy atom. The van der Waals surface area contributed by atoms with E-state index in [2.05, 4.69) is 10.8 Å². The van der Waals surface area contributed by atoms with Gasteiger partial charge in [0.1, 0.15) is 12.0 Å². The number of rotatable bonds is 12. The first kappa shape index (κ1) is 25.1. The minimum Gasteiger partial charge on any atom is -0.464 e. The van der Waals surface area contributed by atoms with Gasteiger partial charge in [0.25, 0.3) is 5.91 Å². The Bertz CT molecular complexity index is 855. The van der Waals surface area contributed by atoms with Crippen LogP contribution in [0.5, 0.6) is 0 Å². The van der Waals surface area contributed by atoms with Crippen molar-refractivity contribution in [3.63, 3.8) is 0 Å². The van der Waals surface area contributed by atoms with E-state index in [-0.39, 0.29) is 25.6 Å². The van der Waals surface area contributed by atoms with Gasteiger partial charge in [0.05, 0.1) is 13.2 Å². The number of benzene rings is 2. The van der Waals surface area contributed by atoms with E-state index >= 15 is 0 Å². The molecule has 32 heavy (non-hydrogen) atoms. The van der Waals surface area contributed by atoms with Gasteiger partial charge in [0.15, 0.2) is 0 Å². The molecule has 7 heteroatoms. The number of hydroxylamine groups is 1. The largest absolute Gasteiger partial charge is 0.464 e. The minimum atomic E-state index is -1.07. The van der Waals surface area contributed by atoms with Gasteiger partial charge in [0.2, 0.25) is 5.91 Å². The van der Waals surface area contributed by atoms with E-state index in [9.17, 15) is 14.4 Å². The number of ether oxygens (including phenoxy) is 1. The molecule has 0 aromatic heterocycles. The first-order chi connectivity index (χ1) is 15.4. The van der Waals surface area contributed by atoms with Crippen LogP contribution in [0.3, 0.4) is 0 Å². The normalized spacial score (nSPS) is 12.6. The molecule has 2 amide bonds. The molecule has 2 rings (SSSR count). The van der Waals surface area contributed by atoms with E-state index in [0.29, 0.717) is 6.42 Å². The fraction of sp³-hybridized carbons (Fsp3) is 0.400. The molecule has 0 saturated carbocycles. The second-order valence-corrected chi connectivity index (χ2v) is 7.93. The highest BCUT2D eigenvalue weighted by molar-refractivity contribution is 6.01. The van der Waals surface area contributed by atoms with Crippen LogP contribution in [0.25, 0.3) is 0 Å². The topological polar surface area (TPSA) is 93.7 Å². The summed E-state index contributed by atoms with van der Waals surface area (Å²) in [5.74, 6) is -2.55. The highest BCUT2D eigenvalue weighted by atomic mass is 16.6. The highest BCUT2D eigenvalue weighted by Crippen LogP contribution is 2.13. The number of esters is 1. The van der Waals surface area contributed by atoms with Crippen molar-refractivity contribution >= 4 is 17.8 Å². The minimum absolute atomic E-state index is 0.153. The van der Waals surface area contributed by atoms with Crippen molar-refractivity contribution in [2.75, 3.05) is 6.61 Å². The molecule has 2 aromatic carbocycles. The van der Waals surface area contributed by atoms with Gasteiger partial charge < -0.3 is 10.1 Å². The molecule has 0 aliphatic carbocycles. The summed E-state index contributed by atoms with van der Waals surface area (Å²) in [6.07, 6.45) is 0.583. The molecular formula is C25H32N2O5. The van der Waals surface area contributed by atoms with Gasteiger partial charge in [0, 0.05) is 0 Å². The lowest BCUT2D eigenvalue weighted by Crippen LogP contribution is -2.49. The first-order valence-corrected chi connectivity index (χ1v) is 10.9. The van der Waals surface area contributed by atoms with Crippen molar-refractivity contribution in [2.45, 2.75) is 46.3 Å². The Labute approximate surface area is 189 Å². The van der Waals surface area contributed by atoms with E-state index in [1.54, 1.807) is 6.92 Å². The van der Waals surface area contributed by atoms with E-state index in [1.165, 1.54) is 0 Å². The third kappa shape index (κ3) is 8.51. The van der Waals surface area contributed by atoms with Crippen LogP contribution in [0.2, 0.25) is 0 Å². The molecule has 7 nitrogen and oxygen atoms in total. The predicted molar refractivity (Wildman–Crippen MR) is 121 cm³/mol. The Kier molecular flexibility index (Phi) is 10.4. The molecule has 0 heterocycles. The summed E-state index contributed by atoms with van der Waals surface area (Å²) in [5, 5.41) is 2.71. The maximum absolute atomic E-state index is 13.1. The predicted octanol–water partition coefficient (Wildman–Crippen LogP) is 3.19. The van der Waals surface area contributed by atoms with Gasteiger partial charge in [-0.2, -0.15) is 0 Å². The van der Waals surface area contributed by atoms with Gasteiger partial charge in [-0.25, -0.2) is 10.3 Å². The lowest BCUT2D eigenvalue weighted by molar-refractivity contribution is -0.151. The van der Waals surface area contributed by atoms with Gasteiger partial charge in [-0.1, -0.05) is 74.5 Å². The zero-order valence-electron chi connectivity index (χ0n) is 18.9. The molecule has 2 atom stereocenters. The van der Waals surface area contributed by atoms with Gasteiger partial charge in [-0.15, -0.1) is 0 Å². The zero-order valence-corrected chi connectivity index (χ0v) is 18.9. The van der Waals surface area contributed by atoms with Crippen LogP contribution >= 0.6 is 0 Å². The Hall–Kier alpha value is -3.19. The summed E-state index contributed by atoms with van der Waals surface area (Å²) >= 11 is 0. The highest BCUT2D eigenvalue weighted by Gasteiger charge is 2.31. The maximum Gasteiger partial charge on any atom is 0.328 e. The monoisotopic (exact) mass is 440 g/mol. The summed E-state index contributed by atoms with van der Waals surface area (Å²) < 4.78 is 5.10. The quantitative estimate of drug-likeness (QED) is 0.300. The molecule has 1 unspecified atom stereocenters. The fourth-order valence-electron chi connectivity index (χ4n) is 3.19. The number of hydrogen-bond donors (Lipinski definition) is 2. The zero-order chi connectivity index (χ0) is 23.3. The van der Waals surface area contributed by atoms with Crippen LogP contribution in [-0.2, 0) is 37.0 Å². The summed E-state index contributed by atoms with van der Waals surface area (Å²) in [6.45, 7) is 5.99. The van der Waals surface area contributed by atoms with Crippen LogP contribution in [0.15, 0.2) is 60.7 Å². The average molecular weight is 441 g/mol. The number of carbonyl (C=O) groups is 3. The van der Waals surface area contributed by atoms with Gasteiger partial charge in [-0.05, 0) is 36.8 Å². The van der Waals surface area contributed by atoms with Crippen molar-refractivity contribution in [3.8, 4) is 0 Å². The van der Waals surface area contributed by atoms with Crippen LogP contribution in [-0.4, -0.2) is 30.4 Å². The Balaban J connectivity index is 2.10. The fourth-order valence-corrected chi connectivity index (χ4v) is 3.19. The lowest BCUT2D eigenvalue weighted by Gasteiger charge is -2.22. The van der Waals surface area contributed by atoms with Crippen molar-refractivity contribution < 1.29 is 24.0 Å². The third-order valence-electron chi connectivity index (χ3n) is 4.76. The molecule has 2 aromatic rings. The maximum atomic E-state index is 13.1. The molecule has 0 aliphatic rings. The van der Waals surface area contributed by atoms with Gasteiger partial charge in [-0.3, -0.25) is 14.4 Å². The molecule has 172 valence electrons. The van der Waals surface area contributed by atoms with Crippen LogP contribution < -0.4 is 10.8 Å². The third-order valence-corrected chi connectivity index (χ3v) is 4.76. The van der Waals surface area contributed by atoms with Crippen molar-refractivity contribution in [1.29, 1.82) is 0 Å². The molecule has 0 fully saturated rings. The Morgan fingerprint density at radius 1 is 0.875 bits per heavy atom. The van der Waals surface area contributed by atoms with E-state index in [4.69, 9.17) is 9.57 Å². The number of carbonyl (C=O) groups excluding carboxylic acids is 3. The van der Waals surface area contributed by atoms with E-state index in [1.807, 2.05) is 74.5 Å². The van der Waals surface area contributed by atoms with E-state index < -0.39 is 29.7 Å². The lowest BCUT2D eigenvalue weighted by atomic mass is 9.96. The molecule has 0 bridgehead atoms. The van der Waals surface area contributed by atoms with Crippen molar-refractivity contribution in [1.82, 2.24) is 10.8 Å². The number of nitrogens with one attached hydrogen (secondary N) is 2. The van der Waals surface area contributed by atoms with Crippen molar-refractivity contribution in [3.05, 3.63) is 71.8 Å². The standard InChI is InChI=1S/C25H32N2O5/c1-4-31-25(30)22(15-18(2)3)26-23(28)21(16-19-11-7-5-8-12-19)24(29)27-32-17-20-13-9-6-10-14-20/h5-14,18,21-22H,4,15-17H2,1-3H3,(H,26,28)(H,27,29)/t21?,22-/m0/s1. The molecule has 0 radical (unpaired) electrons. The second-order valence-electron chi connectivity index (χ2n) is 7.93. The first-order valence-electron chi connectivity index (χ1n) is 10.9. The van der Waals surface area contributed by atoms with Crippen LogP contribution in [0.4, 0.5) is 0 Å². The second kappa shape index (κ2) is 13.3. The molecule has 0 spiro atoms. The summed E-state index contributed by atoms with van der Waals surface area (Å²) in [5.41, 5.74) is 4.09. The summed E-state index contributed by atoms with van der Waals surface area (Å²) in [7, 11) is 0. The Morgan fingerprint density at radius 3 is 2.03 bits per heavy atom. The van der Waals surface area contributed by atoms with Crippen LogP contribution in [0, 0.1) is 11.8 Å². The number of hydrogen-bond acceptors (Lipinski definition) is 5.